The predicted molar refractivity (Wildman–Crippen MR) is 178 cm³/mol. The molecule has 4 aromatic rings. The number of hydrogen-bond donors (Lipinski definition) is 0. The first-order valence-electron chi connectivity index (χ1n) is 15.8. The van der Waals surface area contributed by atoms with Gasteiger partial charge < -0.3 is 24.8 Å². The molecule has 2 unspecified atom stereocenters. The van der Waals surface area contributed by atoms with E-state index < -0.39 is 20.0 Å². The van der Waals surface area contributed by atoms with E-state index in [0.29, 0.717) is 19.2 Å². The number of hydrogen-bond acceptors (Lipinski definition) is 2. The van der Waals surface area contributed by atoms with Crippen molar-refractivity contribution in [2.24, 2.45) is 11.8 Å². The average molecular weight is 804 g/mol. The summed E-state index contributed by atoms with van der Waals surface area (Å²) >= 11 is -2.99. The van der Waals surface area contributed by atoms with Crippen LogP contribution in [0.5, 0.6) is 11.5 Å². The van der Waals surface area contributed by atoms with E-state index in [4.69, 9.17) is 9.47 Å². The zero-order chi connectivity index (χ0) is 29.9. The van der Waals surface area contributed by atoms with Gasteiger partial charge in [0, 0.05) is 0 Å². The Morgan fingerprint density at radius 1 is 0.556 bits per heavy atom. The fourth-order valence-electron chi connectivity index (χ4n) is 8.07. The molecule has 1 heterocycles. The number of methoxy groups -OCH3 is 2. The van der Waals surface area contributed by atoms with Crippen LogP contribution in [0, 0.1) is 11.8 Å². The summed E-state index contributed by atoms with van der Waals surface area (Å²) in [5.74, 6) is 2.89. The molecular formula is C40H42Cl2HfO2. The number of rotatable bonds is 8. The van der Waals surface area contributed by atoms with Crippen LogP contribution in [0.2, 0.25) is 8.35 Å². The molecule has 3 aliphatic rings. The van der Waals surface area contributed by atoms with Crippen molar-refractivity contribution in [1.82, 2.24) is 0 Å². The Morgan fingerprint density at radius 2 is 0.933 bits per heavy atom. The molecule has 1 saturated heterocycles. The minimum absolute atomic E-state index is 0. The van der Waals surface area contributed by atoms with Crippen molar-refractivity contribution in [3.63, 3.8) is 0 Å². The molecule has 7 rings (SSSR count). The van der Waals surface area contributed by atoms with Crippen molar-refractivity contribution < 1.29 is 54.3 Å². The molecule has 0 N–H and O–H groups in total. The summed E-state index contributed by atoms with van der Waals surface area (Å²) in [5, 5.41) is 0. The van der Waals surface area contributed by atoms with Crippen LogP contribution in [0.1, 0.15) is 57.3 Å². The van der Waals surface area contributed by atoms with E-state index in [0.717, 1.165) is 11.5 Å². The second-order valence-electron chi connectivity index (χ2n) is 13.3. The summed E-state index contributed by atoms with van der Waals surface area (Å²) in [7, 11) is 3.47. The Labute approximate surface area is 286 Å². The van der Waals surface area contributed by atoms with E-state index in [1.54, 1.807) is 36.5 Å². The van der Waals surface area contributed by atoms with Crippen LogP contribution in [0.25, 0.3) is 34.4 Å². The van der Waals surface area contributed by atoms with E-state index >= 15 is 0 Å². The molecule has 0 aromatic heterocycles. The van der Waals surface area contributed by atoms with E-state index in [1.807, 2.05) is 0 Å². The fraction of sp³-hybridized carbons (Fsp3) is 0.300. The summed E-state index contributed by atoms with van der Waals surface area (Å²) in [6.45, 7) is 9.69. The van der Waals surface area contributed by atoms with Crippen LogP contribution in [-0.2, 0) is 20.0 Å². The van der Waals surface area contributed by atoms with Crippen LogP contribution < -0.4 is 34.3 Å². The van der Waals surface area contributed by atoms with Gasteiger partial charge in [0.2, 0.25) is 0 Å². The first-order chi connectivity index (χ1) is 20.9. The number of halogens is 2. The molecule has 0 saturated carbocycles. The summed E-state index contributed by atoms with van der Waals surface area (Å²) < 4.78 is 15.2. The van der Waals surface area contributed by atoms with E-state index in [2.05, 4.69) is 125 Å². The standard InChI is InChI=1S/2C19H19O.C2H4.2ClH.Hf/c2*1-13(2)16-11-15-5-4-6-18(19(15)12-16)14-7-9-17(20-3)10-8-14;1-2;;;/h2*4-13H,1-3H3;1-2H2;2*1H;/q;;;;;+2/p-2. The first-order valence-corrected chi connectivity index (χ1v) is 25.1. The van der Waals surface area contributed by atoms with Crippen LogP contribution in [-0.4, -0.2) is 14.2 Å². The zero-order valence-electron chi connectivity index (χ0n) is 27.0. The van der Waals surface area contributed by atoms with Crippen molar-refractivity contribution >= 4 is 12.2 Å². The third kappa shape index (κ3) is 5.68. The summed E-state index contributed by atoms with van der Waals surface area (Å²) in [4.78, 5) is 0. The van der Waals surface area contributed by atoms with Gasteiger partial charge in [-0.2, -0.15) is 0 Å². The third-order valence-corrected chi connectivity index (χ3v) is 29.1. The number of ether oxygens (including phenoxy) is 2. The second-order valence-corrected chi connectivity index (χ2v) is 29.9. The maximum atomic E-state index is 5.46. The van der Waals surface area contributed by atoms with Crippen molar-refractivity contribution in [2.45, 2.75) is 43.4 Å². The van der Waals surface area contributed by atoms with Gasteiger partial charge in [-0.15, -0.1) is 0 Å². The number of benzene rings is 4. The Morgan fingerprint density at radius 3 is 1.24 bits per heavy atom. The fourth-order valence-corrected chi connectivity index (χ4v) is 37.0. The normalized spacial score (nSPS) is 18.0. The molecule has 5 heteroatoms. The van der Waals surface area contributed by atoms with Gasteiger partial charge >= 0.3 is 263 Å². The SMILES string of the molecule is COc1ccc(-c2cccc3c2C=C(C(C)C)[CH]3[Hf+2]2([CH]3C(C(C)C)=Cc4c(-c5ccc(OC)cc5)cccc43)[CH2][CH2]2)cc1.[Cl-].[Cl-]. The van der Waals surface area contributed by atoms with Crippen molar-refractivity contribution in [2.75, 3.05) is 14.2 Å². The maximum Gasteiger partial charge on any atom is -1.00 e. The quantitative estimate of drug-likeness (QED) is 0.236. The molecule has 2 atom stereocenters. The molecule has 2 aliphatic carbocycles. The van der Waals surface area contributed by atoms with Crippen molar-refractivity contribution in [3.8, 4) is 33.8 Å². The van der Waals surface area contributed by atoms with E-state index in [1.165, 1.54) is 41.7 Å². The van der Waals surface area contributed by atoms with Gasteiger partial charge in [-0.05, 0) is 0 Å². The van der Waals surface area contributed by atoms with Gasteiger partial charge in [-0.3, -0.25) is 0 Å². The van der Waals surface area contributed by atoms with Crippen LogP contribution >= 0.6 is 0 Å². The third-order valence-electron chi connectivity index (χ3n) is 10.3. The van der Waals surface area contributed by atoms with Crippen LogP contribution in [0.3, 0.4) is 0 Å². The van der Waals surface area contributed by atoms with Gasteiger partial charge in [0.25, 0.3) is 0 Å². The van der Waals surface area contributed by atoms with E-state index in [-0.39, 0.29) is 24.8 Å². The summed E-state index contributed by atoms with van der Waals surface area (Å²) in [6, 6.07) is 31.4. The largest absolute Gasteiger partial charge is 1.00 e. The van der Waals surface area contributed by atoms with Gasteiger partial charge in [0.05, 0.1) is 0 Å². The minimum atomic E-state index is -2.99. The van der Waals surface area contributed by atoms with Crippen molar-refractivity contribution in [1.29, 1.82) is 0 Å². The van der Waals surface area contributed by atoms with Gasteiger partial charge in [-0.25, -0.2) is 0 Å². The average Bonchev–Trinajstić information content (AvgIpc) is 3.54. The molecule has 0 spiro atoms. The van der Waals surface area contributed by atoms with Crippen LogP contribution in [0.15, 0.2) is 96.1 Å². The van der Waals surface area contributed by atoms with Gasteiger partial charge in [0.15, 0.2) is 0 Å². The molecule has 4 aromatic carbocycles. The minimum Gasteiger partial charge on any atom is -1.00 e. The summed E-state index contributed by atoms with van der Waals surface area (Å²) in [6.07, 6.45) is 5.21. The van der Waals surface area contributed by atoms with Gasteiger partial charge in [-0.1, -0.05) is 0 Å². The smallest absolute Gasteiger partial charge is 1.00 e. The molecule has 45 heavy (non-hydrogen) atoms. The Kier molecular flexibility index (Phi) is 9.95. The number of fused-ring (bicyclic) bond motifs is 2. The van der Waals surface area contributed by atoms with E-state index in [9.17, 15) is 0 Å². The molecule has 1 aliphatic heterocycles. The maximum absolute atomic E-state index is 5.46. The first kappa shape index (κ1) is 33.8. The van der Waals surface area contributed by atoms with Crippen LogP contribution in [0.4, 0.5) is 0 Å². The summed E-state index contributed by atoms with van der Waals surface area (Å²) in [5.41, 5.74) is 14.8. The van der Waals surface area contributed by atoms with Gasteiger partial charge in [0.1, 0.15) is 0 Å². The molecule has 2 nitrogen and oxygen atoms in total. The molecule has 0 bridgehead atoms. The Hall–Kier alpha value is -2.59. The second kappa shape index (κ2) is 13.3. The molecular weight excluding hydrogens is 762 g/mol. The molecule has 0 amide bonds. The topological polar surface area (TPSA) is 18.5 Å². The Bertz CT molecular complexity index is 1620. The zero-order valence-corrected chi connectivity index (χ0v) is 32.1. The number of allylic oxidation sites excluding steroid dienone is 2. The van der Waals surface area contributed by atoms with Crippen molar-refractivity contribution in [3.05, 3.63) is 118 Å². The molecule has 232 valence electrons. The Balaban J connectivity index is 0.00000200. The molecule has 0 radical (unpaired) electrons. The molecule has 1 fully saturated rings. The predicted octanol–water partition coefficient (Wildman–Crippen LogP) is 4.94. The monoisotopic (exact) mass is 804 g/mol.